The number of hydrogen-bond donors (Lipinski definition) is 2. The van der Waals surface area contributed by atoms with Crippen molar-refractivity contribution in [3.63, 3.8) is 0 Å². The monoisotopic (exact) mass is 280 g/mol. The summed E-state index contributed by atoms with van der Waals surface area (Å²) in [6, 6.07) is 12.6. The second-order valence-corrected chi connectivity index (χ2v) is 4.72. The van der Waals surface area contributed by atoms with Crippen LogP contribution in [0.15, 0.2) is 36.4 Å². The Hall–Kier alpha value is -2.87. The van der Waals surface area contributed by atoms with Gasteiger partial charge in [-0.25, -0.2) is 4.79 Å². The van der Waals surface area contributed by atoms with Gasteiger partial charge in [0.1, 0.15) is 0 Å². The van der Waals surface area contributed by atoms with Crippen molar-refractivity contribution in [3.8, 4) is 6.07 Å². The molecule has 0 bridgehead atoms. The maximum absolute atomic E-state index is 11.9. The number of amides is 2. The quantitative estimate of drug-likeness (QED) is 0.907. The highest BCUT2D eigenvalue weighted by Crippen LogP contribution is 2.16. The SMILES string of the molecule is Cc1cccc(CNC(=O)Nc2cc(C#N)ccc2C)n1. The molecule has 0 spiro atoms. The van der Waals surface area contributed by atoms with Gasteiger partial charge in [0.15, 0.2) is 0 Å². The van der Waals surface area contributed by atoms with E-state index < -0.39 is 0 Å². The van der Waals surface area contributed by atoms with Gasteiger partial charge in [0.2, 0.25) is 0 Å². The summed E-state index contributed by atoms with van der Waals surface area (Å²) in [5.41, 5.74) is 3.75. The number of aryl methyl sites for hydroxylation is 2. The molecule has 0 saturated heterocycles. The molecule has 0 radical (unpaired) electrons. The summed E-state index contributed by atoms with van der Waals surface area (Å²) in [5, 5.41) is 14.4. The molecule has 106 valence electrons. The molecule has 2 rings (SSSR count). The van der Waals surface area contributed by atoms with Crippen LogP contribution in [0.4, 0.5) is 10.5 Å². The molecule has 1 aromatic carbocycles. The van der Waals surface area contributed by atoms with E-state index in [2.05, 4.69) is 21.7 Å². The maximum atomic E-state index is 11.9. The predicted molar refractivity (Wildman–Crippen MR) is 80.7 cm³/mol. The van der Waals surface area contributed by atoms with Crippen molar-refractivity contribution in [2.45, 2.75) is 20.4 Å². The predicted octanol–water partition coefficient (Wildman–Crippen LogP) is 2.89. The normalized spacial score (nSPS) is 9.76. The molecule has 1 aromatic heterocycles. The first-order valence-corrected chi connectivity index (χ1v) is 6.56. The van der Waals surface area contributed by atoms with E-state index in [1.807, 2.05) is 32.0 Å². The third kappa shape index (κ3) is 4.05. The van der Waals surface area contributed by atoms with Gasteiger partial charge in [0, 0.05) is 11.4 Å². The molecule has 0 aliphatic rings. The van der Waals surface area contributed by atoms with Gasteiger partial charge in [-0.3, -0.25) is 4.98 Å². The number of aromatic nitrogens is 1. The first kappa shape index (κ1) is 14.5. The zero-order chi connectivity index (χ0) is 15.2. The largest absolute Gasteiger partial charge is 0.332 e. The van der Waals surface area contributed by atoms with Crippen LogP contribution < -0.4 is 10.6 Å². The number of rotatable bonds is 3. The van der Waals surface area contributed by atoms with E-state index in [1.165, 1.54) is 0 Å². The first-order valence-electron chi connectivity index (χ1n) is 6.56. The minimum absolute atomic E-state index is 0.323. The summed E-state index contributed by atoms with van der Waals surface area (Å²) in [7, 11) is 0. The lowest BCUT2D eigenvalue weighted by atomic mass is 10.1. The van der Waals surface area contributed by atoms with Crippen LogP contribution >= 0.6 is 0 Å². The summed E-state index contributed by atoms with van der Waals surface area (Å²) in [5.74, 6) is 0. The van der Waals surface area contributed by atoms with Crippen molar-refractivity contribution < 1.29 is 4.79 Å². The van der Waals surface area contributed by atoms with E-state index in [4.69, 9.17) is 5.26 Å². The zero-order valence-electron chi connectivity index (χ0n) is 12.0. The lowest BCUT2D eigenvalue weighted by Gasteiger charge is -2.10. The van der Waals surface area contributed by atoms with E-state index >= 15 is 0 Å². The number of nitrogens with zero attached hydrogens (tertiary/aromatic N) is 2. The van der Waals surface area contributed by atoms with Crippen molar-refractivity contribution in [1.82, 2.24) is 10.3 Å². The molecule has 1 heterocycles. The van der Waals surface area contributed by atoms with E-state index in [0.717, 1.165) is 17.0 Å². The number of benzene rings is 1. The summed E-state index contributed by atoms with van der Waals surface area (Å²) < 4.78 is 0. The molecular weight excluding hydrogens is 264 g/mol. The van der Waals surface area contributed by atoms with Crippen LogP contribution in [0.3, 0.4) is 0 Å². The smallest absolute Gasteiger partial charge is 0.319 e. The highest BCUT2D eigenvalue weighted by molar-refractivity contribution is 5.90. The van der Waals surface area contributed by atoms with Gasteiger partial charge >= 0.3 is 6.03 Å². The summed E-state index contributed by atoms with van der Waals surface area (Å²) in [6.07, 6.45) is 0. The van der Waals surface area contributed by atoms with Crippen molar-refractivity contribution in [2.24, 2.45) is 0 Å². The Morgan fingerprint density at radius 1 is 1.29 bits per heavy atom. The average molecular weight is 280 g/mol. The third-order valence-electron chi connectivity index (χ3n) is 2.99. The highest BCUT2D eigenvalue weighted by Gasteiger charge is 2.06. The molecule has 2 aromatic rings. The van der Waals surface area contributed by atoms with E-state index in [1.54, 1.807) is 18.2 Å². The van der Waals surface area contributed by atoms with Crippen molar-refractivity contribution >= 4 is 11.7 Å². The zero-order valence-corrected chi connectivity index (χ0v) is 12.0. The van der Waals surface area contributed by atoms with Crippen LogP contribution in [0.2, 0.25) is 0 Å². The fourth-order valence-electron chi connectivity index (χ4n) is 1.86. The number of carbonyl (C=O) groups excluding carboxylic acids is 1. The van der Waals surface area contributed by atoms with E-state index in [9.17, 15) is 4.79 Å². The van der Waals surface area contributed by atoms with Crippen molar-refractivity contribution in [3.05, 3.63) is 58.9 Å². The third-order valence-corrected chi connectivity index (χ3v) is 2.99. The fourth-order valence-corrected chi connectivity index (χ4v) is 1.86. The van der Waals surface area contributed by atoms with Gasteiger partial charge in [-0.15, -0.1) is 0 Å². The fraction of sp³-hybridized carbons (Fsp3) is 0.188. The molecule has 0 aliphatic carbocycles. The molecule has 2 amide bonds. The standard InChI is InChI=1S/C16H16N4O/c1-11-6-7-13(9-17)8-15(11)20-16(21)18-10-14-5-3-4-12(2)19-14/h3-8H,10H2,1-2H3,(H2,18,20,21). The van der Waals surface area contributed by atoms with Crippen LogP contribution in [0.25, 0.3) is 0 Å². The lowest BCUT2D eigenvalue weighted by molar-refractivity contribution is 0.251. The van der Waals surface area contributed by atoms with Gasteiger partial charge < -0.3 is 10.6 Å². The average Bonchev–Trinajstić information content (AvgIpc) is 2.47. The van der Waals surface area contributed by atoms with Crippen LogP contribution in [-0.2, 0) is 6.54 Å². The topological polar surface area (TPSA) is 77.8 Å². The maximum Gasteiger partial charge on any atom is 0.319 e. The number of nitriles is 1. The number of nitrogens with one attached hydrogen (secondary N) is 2. The highest BCUT2D eigenvalue weighted by atomic mass is 16.2. The number of hydrogen-bond acceptors (Lipinski definition) is 3. The minimum atomic E-state index is -0.323. The van der Waals surface area contributed by atoms with Crippen molar-refractivity contribution in [1.29, 1.82) is 5.26 Å². The molecule has 0 unspecified atom stereocenters. The molecule has 2 N–H and O–H groups in total. The van der Waals surface area contributed by atoms with E-state index in [-0.39, 0.29) is 6.03 Å². The Morgan fingerprint density at radius 2 is 2.10 bits per heavy atom. The summed E-state index contributed by atoms with van der Waals surface area (Å²) in [4.78, 5) is 16.2. The first-order chi connectivity index (χ1) is 10.1. The van der Waals surface area contributed by atoms with Gasteiger partial charge in [-0.1, -0.05) is 12.1 Å². The second kappa shape index (κ2) is 6.53. The molecule has 5 nitrogen and oxygen atoms in total. The van der Waals surface area contributed by atoms with Crippen LogP contribution in [0, 0.1) is 25.2 Å². The number of urea groups is 1. The number of pyridine rings is 1. The second-order valence-electron chi connectivity index (χ2n) is 4.72. The summed E-state index contributed by atoms with van der Waals surface area (Å²) >= 11 is 0. The molecule has 0 atom stereocenters. The molecule has 0 aliphatic heterocycles. The van der Waals surface area contributed by atoms with Gasteiger partial charge in [0.05, 0.1) is 23.9 Å². The Labute approximate surface area is 123 Å². The molecular formula is C16H16N4O. The summed E-state index contributed by atoms with van der Waals surface area (Å²) in [6.45, 7) is 4.13. The van der Waals surface area contributed by atoms with Gasteiger partial charge in [0.25, 0.3) is 0 Å². The lowest BCUT2D eigenvalue weighted by Crippen LogP contribution is -2.28. The van der Waals surface area contributed by atoms with Crippen molar-refractivity contribution in [2.75, 3.05) is 5.32 Å². The Morgan fingerprint density at radius 3 is 2.81 bits per heavy atom. The Kier molecular flexibility index (Phi) is 4.52. The molecule has 21 heavy (non-hydrogen) atoms. The molecule has 0 fully saturated rings. The Bertz CT molecular complexity index is 704. The van der Waals surface area contributed by atoms with Crippen LogP contribution in [-0.4, -0.2) is 11.0 Å². The van der Waals surface area contributed by atoms with E-state index in [0.29, 0.717) is 17.8 Å². The minimum Gasteiger partial charge on any atom is -0.332 e. The van der Waals surface area contributed by atoms with Crippen LogP contribution in [0.1, 0.15) is 22.5 Å². The number of anilines is 1. The van der Waals surface area contributed by atoms with Crippen LogP contribution in [0.5, 0.6) is 0 Å². The molecule has 0 saturated carbocycles. The van der Waals surface area contributed by atoms with Gasteiger partial charge in [-0.2, -0.15) is 5.26 Å². The Balaban J connectivity index is 1.98. The van der Waals surface area contributed by atoms with Gasteiger partial charge in [-0.05, 0) is 43.7 Å². The molecule has 5 heteroatoms. The number of carbonyl (C=O) groups is 1.